The third-order valence-electron chi connectivity index (χ3n) is 3.96. The van der Waals surface area contributed by atoms with Gasteiger partial charge in [-0.25, -0.2) is 0 Å². The molecule has 3 rings (SSSR count). The van der Waals surface area contributed by atoms with Gasteiger partial charge in [-0.05, 0) is 29.4 Å². The summed E-state index contributed by atoms with van der Waals surface area (Å²) in [6, 6.07) is 21.3. The van der Waals surface area contributed by atoms with Crippen LogP contribution in [0.5, 0.6) is 0 Å². The molecule has 0 bridgehead atoms. The molecule has 2 unspecified atom stereocenters. The lowest BCUT2D eigenvalue weighted by Crippen LogP contribution is -2.06. The van der Waals surface area contributed by atoms with E-state index in [0.717, 1.165) is 6.42 Å². The van der Waals surface area contributed by atoms with Crippen LogP contribution in [0.1, 0.15) is 23.5 Å². The third kappa shape index (κ3) is 2.19. The van der Waals surface area contributed by atoms with E-state index in [0.29, 0.717) is 24.4 Å². The lowest BCUT2D eigenvalue weighted by molar-refractivity contribution is 0.266. The van der Waals surface area contributed by atoms with Gasteiger partial charge in [0.2, 0.25) is 0 Å². The Morgan fingerprint density at radius 3 is 1.78 bits per heavy atom. The molecule has 0 spiro atoms. The summed E-state index contributed by atoms with van der Waals surface area (Å²) in [4.78, 5) is 0. The zero-order valence-electron chi connectivity index (χ0n) is 10.4. The zero-order chi connectivity index (χ0) is 12.4. The van der Waals surface area contributed by atoms with E-state index in [2.05, 4.69) is 60.7 Å². The molecule has 1 aliphatic carbocycles. The smallest absolute Gasteiger partial charge is 0.0462 e. The minimum atomic E-state index is 0.320. The van der Waals surface area contributed by atoms with Crippen LogP contribution in [0.4, 0.5) is 0 Å². The van der Waals surface area contributed by atoms with Gasteiger partial charge in [0.15, 0.2) is 0 Å². The fraction of sp³-hybridized carbons (Fsp3) is 0.294. The van der Waals surface area contributed by atoms with Crippen molar-refractivity contribution in [1.82, 2.24) is 0 Å². The summed E-state index contributed by atoms with van der Waals surface area (Å²) >= 11 is 0. The van der Waals surface area contributed by atoms with Crippen LogP contribution in [0.15, 0.2) is 60.7 Å². The first-order valence-corrected chi connectivity index (χ1v) is 6.61. The third-order valence-corrected chi connectivity index (χ3v) is 3.96. The Labute approximate surface area is 108 Å². The van der Waals surface area contributed by atoms with Gasteiger partial charge in [-0.1, -0.05) is 60.7 Å². The summed E-state index contributed by atoms with van der Waals surface area (Å²) in [5.41, 5.74) is 2.73. The van der Waals surface area contributed by atoms with Crippen molar-refractivity contribution in [3.8, 4) is 0 Å². The second kappa shape index (κ2) is 4.95. The van der Waals surface area contributed by atoms with Crippen molar-refractivity contribution in [2.45, 2.75) is 12.3 Å². The van der Waals surface area contributed by atoms with Crippen molar-refractivity contribution < 1.29 is 5.11 Å². The Kier molecular flexibility index (Phi) is 3.16. The molecular formula is C17H18O. The number of aliphatic hydroxyl groups excluding tert-OH is 1. The van der Waals surface area contributed by atoms with Gasteiger partial charge >= 0.3 is 0 Å². The topological polar surface area (TPSA) is 20.2 Å². The maximum absolute atomic E-state index is 9.32. The molecule has 1 saturated carbocycles. The van der Waals surface area contributed by atoms with Gasteiger partial charge in [-0.15, -0.1) is 0 Å². The van der Waals surface area contributed by atoms with Crippen molar-refractivity contribution in [1.29, 1.82) is 0 Å². The fourth-order valence-corrected chi connectivity index (χ4v) is 2.90. The molecule has 0 saturated heterocycles. The molecule has 1 fully saturated rings. The number of benzene rings is 2. The molecule has 1 aliphatic rings. The minimum absolute atomic E-state index is 0.320. The van der Waals surface area contributed by atoms with E-state index >= 15 is 0 Å². The minimum Gasteiger partial charge on any atom is -0.396 e. The van der Waals surface area contributed by atoms with Crippen molar-refractivity contribution in [3.63, 3.8) is 0 Å². The average molecular weight is 238 g/mol. The zero-order valence-corrected chi connectivity index (χ0v) is 10.4. The van der Waals surface area contributed by atoms with Gasteiger partial charge in [0.25, 0.3) is 0 Å². The predicted molar refractivity (Wildman–Crippen MR) is 73.4 cm³/mol. The molecule has 2 atom stereocenters. The van der Waals surface area contributed by atoms with Crippen molar-refractivity contribution in [2.75, 3.05) is 6.61 Å². The second-order valence-corrected chi connectivity index (χ2v) is 5.14. The Balaban J connectivity index is 1.95. The largest absolute Gasteiger partial charge is 0.396 e. The highest BCUT2D eigenvalue weighted by atomic mass is 16.3. The molecule has 1 nitrogen and oxygen atoms in total. The maximum Gasteiger partial charge on any atom is 0.0462 e. The standard InChI is InChI=1S/C17H18O/c18-12-15-11-16(15)17(13-7-3-1-4-8-13)14-9-5-2-6-10-14/h1-10,15-18H,11-12H2. The molecule has 1 heteroatoms. The molecule has 0 heterocycles. The van der Waals surface area contributed by atoms with Crippen LogP contribution < -0.4 is 0 Å². The summed E-state index contributed by atoms with van der Waals surface area (Å²) in [6.45, 7) is 0.320. The van der Waals surface area contributed by atoms with Crippen molar-refractivity contribution in [2.24, 2.45) is 11.8 Å². The first-order chi connectivity index (χ1) is 8.90. The van der Waals surface area contributed by atoms with Crippen LogP contribution in [-0.4, -0.2) is 11.7 Å². The maximum atomic E-state index is 9.32. The number of hydrogen-bond donors (Lipinski definition) is 1. The van der Waals surface area contributed by atoms with Gasteiger partial charge in [-0.2, -0.15) is 0 Å². The molecule has 0 aliphatic heterocycles. The van der Waals surface area contributed by atoms with E-state index in [1.54, 1.807) is 0 Å². The molecule has 92 valence electrons. The summed E-state index contributed by atoms with van der Waals surface area (Å²) in [7, 11) is 0. The number of rotatable bonds is 4. The van der Waals surface area contributed by atoms with E-state index in [1.807, 2.05) is 0 Å². The van der Waals surface area contributed by atoms with Gasteiger partial charge in [0.1, 0.15) is 0 Å². The van der Waals surface area contributed by atoms with Gasteiger partial charge in [0.05, 0.1) is 0 Å². The van der Waals surface area contributed by atoms with Crippen molar-refractivity contribution in [3.05, 3.63) is 71.8 Å². The van der Waals surface area contributed by atoms with E-state index in [1.165, 1.54) is 11.1 Å². The highest BCUT2D eigenvalue weighted by Gasteiger charge is 2.43. The molecule has 0 aromatic heterocycles. The molecule has 0 radical (unpaired) electrons. The first-order valence-electron chi connectivity index (χ1n) is 6.61. The van der Waals surface area contributed by atoms with E-state index in [4.69, 9.17) is 0 Å². The van der Waals surface area contributed by atoms with Gasteiger partial charge < -0.3 is 5.11 Å². The quantitative estimate of drug-likeness (QED) is 0.865. The van der Waals surface area contributed by atoms with Crippen LogP contribution in [0, 0.1) is 11.8 Å². The summed E-state index contributed by atoms with van der Waals surface area (Å²) in [5.74, 6) is 1.51. The predicted octanol–water partition coefficient (Wildman–Crippen LogP) is 3.45. The summed E-state index contributed by atoms with van der Waals surface area (Å²) < 4.78 is 0. The van der Waals surface area contributed by atoms with E-state index in [9.17, 15) is 5.11 Å². The Hall–Kier alpha value is -1.60. The van der Waals surface area contributed by atoms with Crippen molar-refractivity contribution >= 4 is 0 Å². The highest BCUT2D eigenvalue weighted by molar-refractivity contribution is 5.35. The Morgan fingerprint density at radius 2 is 1.39 bits per heavy atom. The summed E-state index contributed by atoms with van der Waals surface area (Å²) in [6.07, 6.45) is 1.14. The first kappa shape index (κ1) is 11.5. The SMILES string of the molecule is OCC1CC1C(c1ccccc1)c1ccccc1. The lowest BCUT2D eigenvalue weighted by Gasteiger charge is -2.18. The van der Waals surface area contributed by atoms with Crippen LogP contribution in [0.25, 0.3) is 0 Å². The van der Waals surface area contributed by atoms with Crippen LogP contribution in [0.2, 0.25) is 0 Å². The van der Waals surface area contributed by atoms with Gasteiger partial charge in [0, 0.05) is 12.5 Å². The highest BCUT2D eigenvalue weighted by Crippen LogP contribution is 2.50. The molecule has 2 aromatic carbocycles. The number of hydrogen-bond acceptors (Lipinski definition) is 1. The van der Waals surface area contributed by atoms with Crippen LogP contribution in [0.3, 0.4) is 0 Å². The number of aliphatic hydroxyl groups is 1. The van der Waals surface area contributed by atoms with Crippen LogP contribution >= 0.6 is 0 Å². The molecule has 0 amide bonds. The normalized spacial score (nSPS) is 22.1. The molecule has 18 heavy (non-hydrogen) atoms. The second-order valence-electron chi connectivity index (χ2n) is 5.14. The fourth-order valence-electron chi connectivity index (χ4n) is 2.90. The lowest BCUT2D eigenvalue weighted by atomic mass is 9.86. The summed E-state index contributed by atoms with van der Waals surface area (Å²) in [5, 5.41) is 9.32. The van der Waals surface area contributed by atoms with Crippen LogP contribution in [-0.2, 0) is 0 Å². The molecule has 2 aromatic rings. The van der Waals surface area contributed by atoms with Gasteiger partial charge in [-0.3, -0.25) is 0 Å². The Morgan fingerprint density at radius 1 is 0.889 bits per heavy atom. The Bertz CT molecular complexity index is 452. The molecule has 1 N–H and O–H groups in total. The monoisotopic (exact) mass is 238 g/mol. The molecular weight excluding hydrogens is 220 g/mol. The van der Waals surface area contributed by atoms with E-state index < -0.39 is 0 Å². The van der Waals surface area contributed by atoms with E-state index in [-0.39, 0.29) is 0 Å². The average Bonchev–Trinajstić information content (AvgIpc) is 3.21.